The first-order chi connectivity index (χ1) is 11.2. The molecular weight excluding hydrogens is 318 g/mol. The van der Waals surface area contributed by atoms with Gasteiger partial charge in [-0.25, -0.2) is 15.0 Å². The summed E-state index contributed by atoms with van der Waals surface area (Å²) in [6.07, 6.45) is 5.92. The molecule has 0 aliphatic carbocycles. The number of piperazine rings is 1. The Balaban J connectivity index is 1.44. The molecule has 0 N–H and O–H groups in total. The maximum Gasteiger partial charge on any atom is 0.222 e. The molecule has 2 aromatic rings. The molecule has 1 aliphatic heterocycles. The summed E-state index contributed by atoms with van der Waals surface area (Å²) in [6.45, 7) is 3.61. The zero-order chi connectivity index (χ0) is 16.1. The summed E-state index contributed by atoms with van der Waals surface area (Å²) in [5.74, 6) is 0.994. The summed E-state index contributed by atoms with van der Waals surface area (Å²) in [7, 11) is 0. The lowest BCUT2D eigenvalue weighted by Gasteiger charge is -2.35. The molecule has 0 atom stereocenters. The maximum absolute atomic E-state index is 12.2. The number of aromatic nitrogens is 5. The lowest BCUT2D eigenvalue weighted by atomic mass is 10.2. The van der Waals surface area contributed by atoms with Crippen LogP contribution in [0.4, 0.5) is 5.82 Å². The van der Waals surface area contributed by atoms with E-state index in [1.807, 2.05) is 4.90 Å². The Labute approximate surface area is 139 Å². The number of carbonyl (C=O) groups excluding carboxylic acids is 1. The number of amides is 1. The molecule has 0 aromatic carbocycles. The number of hydrogen-bond acceptors (Lipinski definition) is 6. The van der Waals surface area contributed by atoms with Crippen molar-refractivity contribution in [2.75, 3.05) is 31.1 Å². The van der Waals surface area contributed by atoms with E-state index in [1.165, 1.54) is 12.7 Å². The Kier molecular flexibility index (Phi) is 5.02. The lowest BCUT2D eigenvalue weighted by Crippen LogP contribution is -2.49. The van der Waals surface area contributed by atoms with Crippen molar-refractivity contribution >= 4 is 23.3 Å². The predicted octanol–water partition coefficient (Wildman–Crippen LogP) is 0.850. The Morgan fingerprint density at radius 3 is 2.70 bits per heavy atom. The van der Waals surface area contributed by atoms with Crippen LogP contribution in [0.3, 0.4) is 0 Å². The average molecular weight is 336 g/mol. The van der Waals surface area contributed by atoms with Crippen molar-refractivity contribution in [2.45, 2.75) is 19.4 Å². The second kappa shape index (κ2) is 7.36. The van der Waals surface area contributed by atoms with Crippen LogP contribution in [-0.2, 0) is 11.3 Å². The Hall–Kier alpha value is -2.22. The molecule has 0 radical (unpaired) electrons. The van der Waals surface area contributed by atoms with Crippen molar-refractivity contribution in [2.24, 2.45) is 0 Å². The first kappa shape index (κ1) is 15.7. The van der Waals surface area contributed by atoms with E-state index in [4.69, 9.17) is 11.6 Å². The number of carbonyl (C=O) groups is 1. The van der Waals surface area contributed by atoms with Crippen LogP contribution >= 0.6 is 11.6 Å². The van der Waals surface area contributed by atoms with E-state index >= 15 is 0 Å². The van der Waals surface area contributed by atoms with E-state index in [0.717, 1.165) is 25.3 Å². The minimum absolute atomic E-state index is 0.186. The van der Waals surface area contributed by atoms with Gasteiger partial charge < -0.3 is 9.80 Å². The van der Waals surface area contributed by atoms with E-state index < -0.39 is 0 Å². The van der Waals surface area contributed by atoms with Gasteiger partial charge in [0.1, 0.15) is 30.0 Å². The highest BCUT2D eigenvalue weighted by Crippen LogP contribution is 2.16. The Morgan fingerprint density at radius 2 is 2.00 bits per heavy atom. The van der Waals surface area contributed by atoms with Gasteiger partial charge in [-0.15, -0.1) is 0 Å². The maximum atomic E-state index is 12.2. The van der Waals surface area contributed by atoms with E-state index in [9.17, 15) is 4.79 Å². The molecule has 2 aromatic heterocycles. The number of rotatable bonds is 5. The molecule has 8 nitrogen and oxygen atoms in total. The van der Waals surface area contributed by atoms with Crippen LogP contribution in [0.5, 0.6) is 0 Å². The van der Waals surface area contributed by atoms with Crippen LogP contribution in [0.25, 0.3) is 0 Å². The van der Waals surface area contributed by atoms with E-state index in [0.29, 0.717) is 31.2 Å². The van der Waals surface area contributed by atoms with Crippen molar-refractivity contribution in [3.8, 4) is 0 Å². The highest BCUT2D eigenvalue weighted by Gasteiger charge is 2.21. The second-order valence-corrected chi connectivity index (χ2v) is 5.72. The fourth-order valence-corrected chi connectivity index (χ4v) is 2.72. The number of nitrogens with zero attached hydrogens (tertiary/aromatic N) is 7. The minimum Gasteiger partial charge on any atom is -0.353 e. The van der Waals surface area contributed by atoms with Gasteiger partial charge >= 0.3 is 0 Å². The molecule has 0 unspecified atom stereocenters. The highest BCUT2D eigenvalue weighted by atomic mass is 35.5. The standard InChI is InChI=1S/C14H18ClN7O/c15-12-8-13(18-10-17-12)20-4-6-21(7-5-20)14(23)2-1-3-22-11-16-9-19-22/h8-11H,1-7H2. The zero-order valence-corrected chi connectivity index (χ0v) is 13.4. The van der Waals surface area contributed by atoms with Crippen LogP contribution < -0.4 is 4.90 Å². The highest BCUT2D eigenvalue weighted by molar-refractivity contribution is 6.29. The van der Waals surface area contributed by atoms with Crippen LogP contribution in [0, 0.1) is 0 Å². The summed E-state index contributed by atoms with van der Waals surface area (Å²) < 4.78 is 1.74. The quantitative estimate of drug-likeness (QED) is 0.754. The summed E-state index contributed by atoms with van der Waals surface area (Å²) in [5, 5.41) is 4.46. The number of anilines is 1. The number of aryl methyl sites for hydroxylation is 1. The SMILES string of the molecule is O=C(CCCn1cncn1)N1CCN(c2cc(Cl)ncn2)CC1. The summed E-state index contributed by atoms with van der Waals surface area (Å²) in [6, 6.07) is 1.75. The molecule has 1 aliphatic rings. The van der Waals surface area contributed by atoms with Crippen LogP contribution in [0.1, 0.15) is 12.8 Å². The summed E-state index contributed by atoms with van der Waals surface area (Å²) in [4.78, 5) is 28.3. The van der Waals surface area contributed by atoms with Gasteiger partial charge in [-0.05, 0) is 6.42 Å². The molecular formula is C14H18ClN7O. The normalized spacial score (nSPS) is 15.0. The van der Waals surface area contributed by atoms with Crippen molar-refractivity contribution < 1.29 is 4.79 Å². The van der Waals surface area contributed by atoms with E-state index in [2.05, 4.69) is 25.0 Å². The van der Waals surface area contributed by atoms with Crippen molar-refractivity contribution in [1.29, 1.82) is 0 Å². The Morgan fingerprint density at radius 1 is 1.17 bits per heavy atom. The fraction of sp³-hybridized carbons (Fsp3) is 0.500. The predicted molar refractivity (Wildman–Crippen MR) is 85.1 cm³/mol. The van der Waals surface area contributed by atoms with Crippen molar-refractivity contribution in [3.63, 3.8) is 0 Å². The summed E-state index contributed by atoms with van der Waals surface area (Å²) in [5.41, 5.74) is 0. The smallest absolute Gasteiger partial charge is 0.222 e. The average Bonchev–Trinajstić information content (AvgIpc) is 3.08. The minimum atomic E-state index is 0.186. The van der Waals surface area contributed by atoms with Crippen LogP contribution in [0.15, 0.2) is 25.0 Å². The third kappa shape index (κ3) is 4.16. The molecule has 122 valence electrons. The monoisotopic (exact) mass is 335 g/mol. The lowest BCUT2D eigenvalue weighted by molar-refractivity contribution is -0.131. The molecule has 1 saturated heterocycles. The largest absolute Gasteiger partial charge is 0.353 e. The molecule has 9 heteroatoms. The molecule has 3 heterocycles. The van der Waals surface area contributed by atoms with Gasteiger partial charge in [-0.2, -0.15) is 5.10 Å². The van der Waals surface area contributed by atoms with Crippen molar-refractivity contribution in [1.82, 2.24) is 29.6 Å². The number of hydrogen-bond donors (Lipinski definition) is 0. The van der Waals surface area contributed by atoms with Gasteiger partial charge in [0.05, 0.1) is 0 Å². The van der Waals surface area contributed by atoms with Crippen LogP contribution in [-0.4, -0.2) is 61.7 Å². The zero-order valence-electron chi connectivity index (χ0n) is 12.7. The Bertz CT molecular complexity index is 640. The van der Waals surface area contributed by atoms with Gasteiger partial charge in [-0.1, -0.05) is 11.6 Å². The van der Waals surface area contributed by atoms with Crippen molar-refractivity contribution in [3.05, 3.63) is 30.2 Å². The molecule has 3 rings (SSSR count). The second-order valence-electron chi connectivity index (χ2n) is 5.33. The topological polar surface area (TPSA) is 80.0 Å². The third-order valence-electron chi connectivity index (χ3n) is 3.82. The first-order valence-corrected chi connectivity index (χ1v) is 7.93. The fourth-order valence-electron chi connectivity index (χ4n) is 2.58. The molecule has 1 amide bonds. The van der Waals surface area contributed by atoms with E-state index in [1.54, 1.807) is 17.1 Å². The van der Waals surface area contributed by atoms with Gasteiger partial charge in [0, 0.05) is 45.2 Å². The first-order valence-electron chi connectivity index (χ1n) is 7.55. The molecule has 1 fully saturated rings. The third-order valence-corrected chi connectivity index (χ3v) is 4.03. The van der Waals surface area contributed by atoms with Gasteiger partial charge in [0.15, 0.2) is 0 Å². The van der Waals surface area contributed by atoms with Crippen LogP contribution in [0.2, 0.25) is 5.15 Å². The van der Waals surface area contributed by atoms with Gasteiger partial charge in [0.25, 0.3) is 0 Å². The molecule has 0 bridgehead atoms. The molecule has 23 heavy (non-hydrogen) atoms. The van der Waals surface area contributed by atoms with Gasteiger partial charge in [-0.3, -0.25) is 9.48 Å². The molecule has 0 saturated carbocycles. The van der Waals surface area contributed by atoms with Gasteiger partial charge in [0.2, 0.25) is 5.91 Å². The van der Waals surface area contributed by atoms with E-state index in [-0.39, 0.29) is 5.91 Å². The number of halogens is 1. The summed E-state index contributed by atoms with van der Waals surface area (Å²) >= 11 is 5.89. The molecule has 0 spiro atoms.